The molecule has 0 N–H and O–H groups in total. The molecule has 0 spiro atoms. The van der Waals surface area contributed by atoms with Crippen LogP contribution in [0.1, 0.15) is 48.0 Å². The van der Waals surface area contributed by atoms with Crippen molar-refractivity contribution in [3.8, 4) is 5.75 Å². The molecule has 2 aromatic heterocycles. The predicted molar refractivity (Wildman–Crippen MR) is 125 cm³/mol. The van der Waals surface area contributed by atoms with Crippen molar-refractivity contribution in [2.24, 2.45) is 5.92 Å². The third-order valence-corrected chi connectivity index (χ3v) is 5.74. The quantitative estimate of drug-likeness (QED) is 0.408. The fraction of sp³-hybridized carbons (Fsp3) is 0.231. The van der Waals surface area contributed by atoms with Crippen LogP contribution in [0.3, 0.4) is 0 Å². The highest BCUT2D eigenvalue weighted by atomic mass is 19.1. The number of hydrogen-bond donors (Lipinski definition) is 0. The van der Waals surface area contributed by atoms with Gasteiger partial charge in [-0.05, 0) is 54.3 Å². The third-order valence-electron chi connectivity index (χ3n) is 5.74. The van der Waals surface area contributed by atoms with Crippen molar-refractivity contribution in [1.29, 1.82) is 0 Å². The molecule has 0 radical (unpaired) electrons. The number of ether oxygens (including phenoxy) is 1. The fourth-order valence-corrected chi connectivity index (χ4v) is 4.07. The summed E-state index contributed by atoms with van der Waals surface area (Å²) in [6.07, 6.45) is 3.92. The summed E-state index contributed by atoms with van der Waals surface area (Å²) in [4.78, 5) is 36.8. The molecule has 4 aromatic rings. The lowest BCUT2D eigenvalue weighted by molar-refractivity contribution is 0.0969. The minimum atomic E-state index is -0.859. The molecule has 2 aromatic carbocycles. The molecule has 1 unspecified atom stereocenters. The monoisotopic (exact) mass is 459 g/mol. The number of carbonyl (C=O) groups excluding carboxylic acids is 1. The summed E-state index contributed by atoms with van der Waals surface area (Å²) in [5.74, 6) is 0.0261. The Morgan fingerprint density at radius 3 is 2.65 bits per heavy atom. The number of halogens is 1. The summed E-state index contributed by atoms with van der Waals surface area (Å²) in [7, 11) is 0. The largest absolute Gasteiger partial charge is 0.494 e. The summed E-state index contributed by atoms with van der Waals surface area (Å²) < 4.78 is 25.7. The number of fused-ring (bicyclic) bond motifs is 2. The van der Waals surface area contributed by atoms with E-state index >= 15 is 0 Å². The first-order chi connectivity index (χ1) is 16.4. The lowest BCUT2D eigenvalue weighted by Gasteiger charge is -2.23. The predicted octanol–water partition coefficient (Wildman–Crippen LogP) is 4.90. The zero-order valence-corrected chi connectivity index (χ0v) is 18.7. The van der Waals surface area contributed by atoms with Gasteiger partial charge >= 0.3 is 0 Å². The van der Waals surface area contributed by atoms with Crippen LogP contribution in [0.2, 0.25) is 0 Å². The Bertz CT molecular complexity index is 1440. The second-order valence-corrected chi connectivity index (χ2v) is 8.54. The van der Waals surface area contributed by atoms with Crippen molar-refractivity contribution < 1.29 is 18.3 Å². The molecule has 7 nitrogen and oxygen atoms in total. The highest BCUT2D eigenvalue weighted by Gasteiger charge is 2.45. The zero-order chi connectivity index (χ0) is 23.8. The van der Waals surface area contributed by atoms with Gasteiger partial charge in [0.05, 0.1) is 23.6 Å². The van der Waals surface area contributed by atoms with Gasteiger partial charge in [-0.2, -0.15) is 0 Å². The number of aromatic nitrogens is 2. The van der Waals surface area contributed by atoms with E-state index in [4.69, 9.17) is 9.15 Å². The first-order valence-electron chi connectivity index (χ1n) is 11.0. The topological polar surface area (TPSA) is 85.5 Å². The van der Waals surface area contributed by atoms with E-state index in [0.29, 0.717) is 23.8 Å². The van der Waals surface area contributed by atoms with Crippen LogP contribution in [0.15, 0.2) is 70.1 Å². The molecule has 1 atom stereocenters. The average Bonchev–Trinajstić information content (AvgIpc) is 3.13. The smallest absolute Gasteiger partial charge is 0.297 e. The number of benzene rings is 2. The summed E-state index contributed by atoms with van der Waals surface area (Å²) in [6.45, 7) is 4.77. The van der Waals surface area contributed by atoms with Gasteiger partial charge in [0.15, 0.2) is 5.43 Å². The van der Waals surface area contributed by atoms with Gasteiger partial charge in [0, 0.05) is 12.4 Å². The Kier molecular flexibility index (Phi) is 5.57. The molecule has 172 valence electrons. The summed E-state index contributed by atoms with van der Waals surface area (Å²) in [5.41, 5.74) is 0.414. The van der Waals surface area contributed by atoms with Gasteiger partial charge in [0.1, 0.15) is 17.1 Å². The Labute approximate surface area is 194 Å². The molecular weight excluding hydrogens is 437 g/mol. The van der Waals surface area contributed by atoms with E-state index in [1.165, 1.54) is 29.4 Å². The summed E-state index contributed by atoms with van der Waals surface area (Å²) >= 11 is 0. The second kappa shape index (κ2) is 8.70. The Balaban J connectivity index is 1.68. The maximum atomic E-state index is 13.9. The summed E-state index contributed by atoms with van der Waals surface area (Å²) in [6, 6.07) is 11.6. The molecule has 0 aliphatic carbocycles. The minimum absolute atomic E-state index is 0.0664. The van der Waals surface area contributed by atoms with Gasteiger partial charge in [0.2, 0.25) is 11.7 Å². The van der Waals surface area contributed by atoms with Crippen molar-refractivity contribution in [3.05, 3.63) is 93.9 Å². The van der Waals surface area contributed by atoms with Crippen LogP contribution in [0, 0.1) is 11.7 Å². The molecule has 0 saturated carbocycles. The van der Waals surface area contributed by atoms with Crippen molar-refractivity contribution in [2.45, 2.75) is 26.3 Å². The van der Waals surface area contributed by atoms with E-state index in [9.17, 15) is 14.0 Å². The Morgan fingerprint density at radius 1 is 1.09 bits per heavy atom. The minimum Gasteiger partial charge on any atom is -0.494 e. The van der Waals surface area contributed by atoms with Crippen molar-refractivity contribution >= 4 is 22.8 Å². The highest BCUT2D eigenvalue weighted by Crippen LogP contribution is 2.40. The van der Waals surface area contributed by atoms with Crippen LogP contribution in [0.4, 0.5) is 10.3 Å². The standard InChI is InChI=1S/C26H22FN3O4/c1-15(2)9-12-33-18-6-3-5-16(13-18)22-21-23(31)19-14-17(27)7-8-20(19)34-24(21)25(32)30(22)26-28-10-4-11-29-26/h3-8,10-11,13-15,22H,9,12H2,1-2H3. The van der Waals surface area contributed by atoms with Crippen LogP contribution in [-0.2, 0) is 0 Å². The second-order valence-electron chi connectivity index (χ2n) is 8.54. The van der Waals surface area contributed by atoms with Crippen LogP contribution >= 0.6 is 0 Å². The van der Waals surface area contributed by atoms with Crippen LogP contribution in [0.25, 0.3) is 11.0 Å². The molecule has 0 bridgehead atoms. The van der Waals surface area contributed by atoms with E-state index in [0.717, 1.165) is 12.5 Å². The maximum Gasteiger partial charge on any atom is 0.297 e. The molecule has 1 amide bonds. The number of carbonyl (C=O) groups is 1. The number of rotatable bonds is 6. The molecule has 0 saturated heterocycles. The third kappa shape index (κ3) is 3.81. The lowest BCUT2D eigenvalue weighted by atomic mass is 9.98. The van der Waals surface area contributed by atoms with E-state index in [1.807, 2.05) is 6.07 Å². The molecule has 0 fully saturated rings. The SMILES string of the molecule is CC(C)CCOc1cccc(C2c3c(oc4ccc(F)cc4c3=O)C(=O)N2c2ncccn2)c1. The zero-order valence-electron chi connectivity index (χ0n) is 18.7. The number of hydrogen-bond acceptors (Lipinski definition) is 6. The van der Waals surface area contributed by atoms with Gasteiger partial charge in [0.25, 0.3) is 5.91 Å². The number of anilines is 1. The van der Waals surface area contributed by atoms with E-state index < -0.39 is 23.2 Å². The van der Waals surface area contributed by atoms with Gasteiger partial charge in [-0.15, -0.1) is 0 Å². The number of nitrogens with zero attached hydrogens (tertiary/aromatic N) is 3. The molecule has 3 heterocycles. The van der Waals surface area contributed by atoms with Crippen molar-refractivity contribution in [3.63, 3.8) is 0 Å². The summed E-state index contributed by atoms with van der Waals surface area (Å²) in [5, 5.41) is 0.0664. The highest BCUT2D eigenvalue weighted by molar-refractivity contribution is 6.09. The van der Waals surface area contributed by atoms with Gasteiger partial charge < -0.3 is 9.15 Å². The van der Waals surface area contributed by atoms with Gasteiger partial charge in [-0.1, -0.05) is 26.0 Å². The normalized spacial score (nSPS) is 15.2. The molecule has 1 aliphatic heterocycles. The van der Waals surface area contributed by atoms with Crippen molar-refractivity contribution in [2.75, 3.05) is 11.5 Å². The van der Waals surface area contributed by atoms with E-state index in [-0.39, 0.29) is 28.2 Å². The molecule has 8 heteroatoms. The Morgan fingerprint density at radius 2 is 1.88 bits per heavy atom. The molecule has 5 rings (SSSR count). The first kappa shape index (κ1) is 21.8. The number of amides is 1. The van der Waals surface area contributed by atoms with Crippen molar-refractivity contribution in [1.82, 2.24) is 9.97 Å². The first-order valence-corrected chi connectivity index (χ1v) is 11.0. The molecule has 1 aliphatic rings. The van der Waals surface area contributed by atoms with E-state index in [1.54, 1.807) is 24.3 Å². The molecular formula is C26H22FN3O4. The van der Waals surface area contributed by atoms with E-state index in [2.05, 4.69) is 23.8 Å². The maximum absolute atomic E-state index is 13.9. The van der Waals surface area contributed by atoms with Gasteiger partial charge in [-0.3, -0.25) is 14.5 Å². The Hall–Kier alpha value is -4.07. The van der Waals surface area contributed by atoms with Crippen LogP contribution in [0.5, 0.6) is 5.75 Å². The average molecular weight is 459 g/mol. The van der Waals surface area contributed by atoms with Crippen LogP contribution in [-0.4, -0.2) is 22.5 Å². The molecule has 34 heavy (non-hydrogen) atoms. The van der Waals surface area contributed by atoms with Crippen LogP contribution < -0.4 is 15.1 Å². The fourth-order valence-electron chi connectivity index (χ4n) is 4.07. The lowest BCUT2D eigenvalue weighted by Crippen LogP contribution is -2.31. The van der Waals surface area contributed by atoms with Gasteiger partial charge in [-0.25, -0.2) is 14.4 Å².